The summed E-state index contributed by atoms with van der Waals surface area (Å²) in [7, 11) is 0. The lowest BCUT2D eigenvalue weighted by Crippen LogP contribution is -2.06. The third kappa shape index (κ3) is 2.71. The second kappa shape index (κ2) is 6.32. The Morgan fingerprint density at radius 3 is 1.79 bits per heavy atom. The average molecular weight is 313 g/mol. The summed E-state index contributed by atoms with van der Waals surface area (Å²) < 4.78 is 5.85. The lowest BCUT2D eigenvalue weighted by molar-refractivity contribution is 0.348. The van der Waals surface area contributed by atoms with E-state index in [-0.39, 0.29) is 0 Å². The fraction of sp³-hybridized carbons (Fsp3) is 0.136. The van der Waals surface area contributed by atoms with E-state index in [4.69, 9.17) is 4.74 Å². The number of benzene rings is 3. The molecule has 0 spiro atoms. The van der Waals surface area contributed by atoms with Gasteiger partial charge in [0.15, 0.2) is 0 Å². The Labute approximate surface area is 142 Å². The zero-order valence-corrected chi connectivity index (χ0v) is 13.7. The van der Waals surface area contributed by atoms with Crippen LogP contribution >= 0.6 is 0 Å². The van der Waals surface area contributed by atoms with Crippen molar-refractivity contribution in [3.05, 3.63) is 83.9 Å². The van der Waals surface area contributed by atoms with Crippen LogP contribution in [0.1, 0.15) is 11.1 Å². The zero-order valence-electron chi connectivity index (χ0n) is 13.7. The van der Waals surface area contributed by atoms with Gasteiger partial charge in [-0.15, -0.1) is 0 Å². The topological polar surface area (TPSA) is 21.6 Å². The van der Waals surface area contributed by atoms with Gasteiger partial charge in [0.05, 0.1) is 12.1 Å². The van der Waals surface area contributed by atoms with E-state index in [2.05, 4.69) is 72.6 Å². The molecule has 0 aliphatic carbocycles. The van der Waals surface area contributed by atoms with E-state index in [1.165, 1.54) is 27.8 Å². The molecule has 2 heteroatoms. The van der Waals surface area contributed by atoms with E-state index >= 15 is 0 Å². The molecule has 0 saturated heterocycles. The minimum atomic E-state index is 0.658. The number of aryl methyl sites for hydroxylation is 1. The van der Waals surface area contributed by atoms with Gasteiger partial charge in [-0.3, -0.25) is 0 Å². The second-order valence-corrected chi connectivity index (χ2v) is 6.00. The molecule has 24 heavy (non-hydrogen) atoms. The fourth-order valence-electron chi connectivity index (χ4n) is 3.19. The highest BCUT2D eigenvalue weighted by molar-refractivity contribution is 6.07. The molecule has 0 amide bonds. The number of rotatable bonds is 3. The van der Waals surface area contributed by atoms with Crippen LogP contribution in [0.2, 0.25) is 0 Å². The summed E-state index contributed by atoms with van der Waals surface area (Å²) in [6.45, 7) is 3.53. The smallest absolute Gasteiger partial charge is 0.217 e. The standard InChI is InChI=1S/C22H19NO/c1-16-14-19(17-8-4-2-5-9-17)21(22-23-12-13-24-22)20(15-16)18-10-6-3-7-11-18/h2-11,14-15H,12-13H2,1H3. The normalized spacial score (nSPS) is 13.5. The fourth-order valence-corrected chi connectivity index (χ4v) is 3.19. The van der Waals surface area contributed by atoms with Crippen LogP contribution in [-0.4, -0.2) is 19.0 Å². The summed E-state index contributed by atoms with van der Waals surface area (Å²) in [5, 5.41) is 0. The molecule has 0 fully saturated rings. The van der Waals surface area contributed by atoms with Crippen LogP contribution in [0.5, 0.6) is 0 Å². The minimum Gasteiger partial charge on any atom is -0.475 e. The van der Waals surface area contributed by atoms with E-state index in [9.17, 15) is 0 Å². The van der Waals surface area contributed by atoms with Gasteiger partial charge in [0, 0.05) is 0 Å². The molecule has 0 N–H and O–H groups in total. The lowest BCUT2D eigenvalue weighted by Gasteiger charge is -2.17. The molecule has 3 aromatic carbocycles. The first kappa shape index (κ1) is 14.7. The largest absolute Gasteiger partial charge is 0.475 e. The van der Waals surface area contributed by atoms with Crippen molar-refractivity contribution in [2.75, 3.05) is 13.2 Å². The zero-order chi connectivity index (χ0) is 16.4. The maximum absolute atomic E-state index is 5.85. The van der Waals surface area contributed by atoms with Gasteiger partial charge in [-0.1, -0.05) is 72.8 Å². The maximum Gasteiger partial charge on any atom is 0.217 e. The van der Waals surface area contributed by atoms with Crippen LogP contribution in [0.4, 0.5) is 0 Å². The highest BCUT2D eigenvalue weighted by Gasteiger charge is 2.21. The van der Waals surface area contributed by atoms with Gasteiger partial charge in [0.2, 0.25) is 5.90 Å². The highest BCUT2D eigenvalue weighted by atomic mass is 16.5. The lowest BCUT2D eigenvalue weighted by atomic mass is 9.89. The van der Waals surface area contributed by atoms with E-state index in [0.29, 0.717) is 6.61 Å². The van der Waals surface area contributed by atoms with Crippen molar-refractivity contribution in [1.29, 1.82) is 0 Å². The molecule has 0 radical (unpaired) electrons. The molecule has 0 bridgehead atoms. The Hall–Kier alpha value is -2.87. The van der Waals surface area contributed by atoms with E-state index in [1.807, 2.05) is 12.1 Å². The molecular weight excluding hydrogens is 294 g/mol. The van der Waals surface area contributed by atoms with Crippen molar-refractivity contribution in [2.24, 2.45) is 4.99 Å². The first-order valence-electron chi connectivity index (χ1n) is 8.26. The Morgan fingerprint density at radius 2 is 1.33 bits per heavy atom. The Balaban J connectivity index is 2.02. The van der Waals surface area contributed by atoms with Crippen LogP contribution in [0, 0.1) is 6.92 Å². The quantitative estimate of drug-likeness (QED) is 0.659. The van der Waals surface area contributed by atoms with Gasteiger partial charge in [-0.25, -0.2) is 4.99 Å². The molecule has 2 nitrogen and oxygen atoms in total. The van der Waals surface area contributed by atoms with Crippen LogP contribution in [-0.2, 0) is 4.74 Å². The summed E-state index contributed by atoms with van der Waals surface area (Å²) in [5.74, 6) is 0.757. The Bertz CT molecular complexity index is 822. The van der Waals surface area contributed by atoms with E-state index in [1.54, 1.807) is 0 Å². The van der Waals surface area contributed by atoms with Gasteiger partial charge in [-0.2, -0.15) is 0 Å². The third-order valence-corrected chi connectivity index (χ3v) is 4.25. The highest BCUT2D eigenvalue weighted by Crippen LogP contribution is 2.35. The van der Waals surface area contributed by atoms with Crippen molar-refractivity contribution < 1.29 is 4.74 Å². The third-order valence-electron chi connectivity index (χ3n) is 4.25. The van der Waals surface area contributed by atoms with Gasteiger partial charge in [-0.05, 0) is 34.7 Å². The summed E-state index contributed by atoms with van der Waals surface area (Å²) in [6, 6.07) is 25.4. The molecule has 118 valence electrons. The molecule has 1 aliphatic heterocycles. The molecule has 0 aromatic heterocycles. The molecule has 1 heterocycles. The summed E-state index contributed by atoms with van der Waals surface area (Å²) in [6.07, 6.45) is 0. The van der Waals surface area contributed by atoms with Crippen LogP contribution < -0.4 is 0 Å². The first-order valence-corrected chi connectivity index (χ1v) is 8.26. The van der Waals surface area contributed by atoms with Gasteiger partial charge in [0.1, 0.15) is 6.61 Å². The summed E-state index contributed by atoms with van der Waals surface area (Å²) in [5.41, 5.74) is 7.05. The Kier molecular flexibility index (Phi) is 3.87. The summed E-state index contributed by atoms with van der Waals surface area (Å²) >= 11 is 0. The SMILES string of the molecule is Cc1cc(-c2ccccc2)c(C2=NCCO2)c(-c2ccccc2)c1. The maximum atomic E-state index is 5.85. The monoisotopic (exact) mass is 313 g/mol. The average Bonchev–Trinajstić information content (AvgIpc) is 3.17. The van der Waals surface area contributed by atoms with Crippen molar-refractivity contribution in [1.82, 2.24) is 0 Å². The molecule has 0 atom stereocenters. The predicted molar refractivity (Wildman–Crippen MR) is 99.4 cm³/mol. The molecule has 1 aliphatic rings. The number of ether oxygens (including phenoxy) is 1. The summed E-state index contributed by atoms with van der Waals surface area (Å²) in [4.78, 5) is 4.60. The molecule has 0 saturated carbocycles. The second-order valence-electron chi connectivity index (χ2n) is 6.00. The van der Waals surface area contributed by atoms with E-state index < -0.39 is 0 Å². The molecular formula is C22H19NO. The predicted octanol–water partition coefficient (Wildman–Crippen LogP) is 5.11. The number of hydrogen-bond donors (Lipinski definition) is 0. The molecule has 4 rings (SSSR count). The number of aliphatic imine (C=N–C) groups is 1. The molecule has 3 aromatic rings. The van der Waals surface area contributed by atoms with Crippen molar-refractivity contribution in [3.63, 3.8) is 0 Å². The van der Waals surface area contributed by atoms with Crippen LogP contribution in [0.15, 0.2) is 77.8 Å². The van der Waals surface area contributed by atoms with Crippen molar-refractivity contribution in [3.8, 4) is 22.3 Å². The van der Waals surface area contributed by atoms with Crippen LogP contribution in [0.3, 0.4) is 0 Å². The number of hydrogen-bond acceptors (Lipinski definition) is 2. The van der Waals surface area contributed by atoms with Crippen molar-refractivity contribution in [2.45, 2.75) is 6.92 Å². The first-order chi connectivity index (χ1) is 11.8. The Morgan fingerprint density at radius 1 is 0.792 bits per heavy atom. The van der Waals surface area contributed by atoms with Crippen LogP contribution in [0.25, 0.3) is 22.3 Å². The van der Waals surface area contributed by atoms with Gasteiger partial charge >= 0.3 is 0 Å². The van der Waals surface area contributed by atoms with Crippen molar-refractivity contribution >= 4 is 5.90 Å². The minimum absolute atomic E-state index is 0.658. The number of nitrogens with zero attached hydrogens (tertiary/aromatic N) is 1. The van der Waals surface area contributed by atoms with Gasteiger partial charge < -0.3 is 4.74 Å². The molecule has 0 unspecified atom stereocenters. The van der Waals surface area contributed by atoms with E-state index in [0.717, 1.165) is 18.0 Å². The van der Waals surface area contributed by atoms with Gasteiger partial charge in [0.25, 0.3) is 0 Å².